The lowest BCUT2D eigenvalue weighted by Gasteiger charge is -2.24. The van der Waals surface area contributed by atoms with E-state index in [9.17, 15) is 0 Å². The molecule has 2 heteroatoms. The van der Waals surface area contributed by atoms with Gasteiger partial charge in [0.05, 0.1) is 6.10 Å². The molecule has 21 heavy (non-hydrogen) atoms. The highest BCUT2D eigenvalue weighted by Gasteiger charge is 2.49. The van der Waals surface area contributed by atoms with Gasteiger partial charge in [0.15, 0.2) is 0 Å². The van der Waals surface area contributed by atoms with Crippen molar-refractivity contribution in [1.29, 1.82) is 0 Å². The Balaban J connectivity index is 1.60. The zero-order chi connectivity index (χ0) is 14.3. The van der Waals surface area contributed by atoms with E-state index < -0.39 is 0 Å². The maximum absolute atomic E-state index is 6.63. The SMILES string of the molecule is NC(c1cccc(OC2CC2)c1)C1(c2ccccc2)CC1. The van der Waals surface area contributed by atoms with Gasteiger partial charge in [0.25, 0.3) is 0 Å². The molecule has 2 aliphatic rings. The first-order valence-corrected chi connectivity index (χ1v) is 7.86. The van der Waals surface area contributed by atoms with Crippen LogP contribution >= 0.6 is 0 Å². The van der Waals surface area contributed by atoms with Crippen LogP contribution in [0, 0.1) is 0 Å². The minimum Gasteiger partial charge on any atom is -0.490 e. The Morgan fingerprint density at radius 2 is 1.76 bits per heavy atom. The number of hydrogen-bond donors (Lipinski definition) is 1. The second kappa shape index (κ2) is 4.88. The first-order valence-electron chi connectivity index (χ1n) is 7.86. The third-order valence-electron chi connectivity index (χ3n) is 4.78. The molecule has 2 saturated carbocycles. The van der Waals surface area contributed by atoms with Crippen LogP contribution < -0.4 is 10.5 Å². The first kappa shape index (κ1) is 12.9. The third kappa shape index (κ3) is 2.44. The molecule has 0 aromatic heterocycles. The molecule has 0 aliphatic heterocycles. The normalized spacial score (nSPS) is 20.8. The van der Waals surface area contributed by atoms with E-state index in [1.807, 2.05) is 6.07 Å². The van der Waals surface area contributed by atoms with Gasteiger partial charge >= 0.3 is 0 Å². The van der Waals surface area contributed by atoms with Crippen LogP contribution in [0.3, 0.4) is 0 Å². The fourth-order valence-corrected chi connectivity index (χ4v) is 3.16. The van der Waals surface area contributed by atoms with Crippen molar-refractivity contribution in [3.63, 3.8) is 0 Å². The quantitative estimate of drug-likeness (QED) is 0.899. The van der Waals surface area contributed by atoms with Crippen molar-refractivity contribution >= 4 is 0 Å². The molecule has 2 aromatic carbocycles. The minimum atomic E-state index is 0.0441. The van der Waals surface area contributed by atoms with Crippen molar-refractivity contribution in [2.24, 2.45) is 5.73 Å². The summed E-state index contributed by atoms with van der Waals surface area (Å²) in [7, 11) is 0. The zero-order valence-corrected chi connectivity index (χ0v) is 12.2. The fraction of sp³-hybridized carbons (Fsp3) is 0.368. The van der Waals surface area contributed by atoms with Gasteiger partial charge in [-0.2, -0.15) is 0 Å². The smallest absolute Gasteiger partial charge is 0.120 e. The van der Waals surface area contributed by atoms with Crippen LogP contribution in [-0.4, -0.2) is 6.10 Å². The number of rotatable bonds is 5. The van der Waals surface area contributed by atoms with Crippen molar-refractivity contribution < 1.29 is 4.74 Å². The minimum absolute atomic E-state index is 0.0441. The second-order valence-corrected chi connectivity index (χ2v) is 6.39. The Kier molecular flexibility index (Phi) is 3.00. The van der Waals surface area contributed by atoms with Crippen LogP contribution in [0.25, 0.3) is 0 Å². The summed E-state index contributed by atoms with van der Waals surface area (Å²) >= 11 is 0. The molecule has 1 unspecified atom stereocenters. The van der Waals surface area contributed by atoms with Gasteiger partial charge in [-0.1, -0.05) is 42.5 Å². The molecule has 0 heterocycles. The van der Waals surface area contributed by atoms with Crippen LogP contribution in [0.1, 0.15) is 42.9 Å². The van der Waals surface area contributed by atoms with Crippen LogP contribution in [0.4, 0.5) is 0 Å². The Hall–Kier alpha value is -1.80. The number of ether oxygens (including phenoxy) is 1. The summed E-state index contributed by atoms with van der Waals surface area (Å²) in [6.45, 7) is 0. The zero-order valence-electron chi connectivity index (χ0n) is 12.2. The summed E-state index contributed by atoms with van der Waals surface area (Å²) in [5, 5.41) is 0. The molecule has 2 aromatic rings. The van der Waals surface area contributed by atoms with Crippen LogP contribution in [0.2, 0.25) is 0 Å². The van der Waals surface area contributed by atoms with Crippen molar-refractivity contribution in [2.45, 2.75) is 43.2 Å². The lowest BCUT2D eigenvalue weighted by atomic mass is 9.84. The molecule has 1 atom stereocenters. The Labute approximate surface area is 125 Å². The van der Waals surface area contributed by atoms with Gasteiger partial charge in [0.1, 0.15) is 5.75 Å². The highest BCUT2D eigenvalue weighted by atomic mass is 16.5. The summed E-state index contributed by atoms with van der Waals surface area (Å²) < 4.78 is 5.90. The van der Waals surface area contributed by atoms with Gasteiger partial charge in [-0.3, -0.25) is 0 Å². The predicted molar refractivity (Wildman–Crippen MR) is 84.4 cm³/mol. The van der Waals surface area contributed by atoms with Gasteiger partial charge in [-0.15, -0.1) is 0 Å². The molecule has 108 valence electrons. The van der Waals surface area contributed by atoms with E-state index in [-0.39, 0.29) is 11.5 Å². The Morgan fingerprint density at radius 1 is 1.00 bits per heavy atom. The molecule has 0 radical (unpaired) electrons. The monoisotopic (exact) mass is 279 g/mol. The van der Waals surface area contributed by atoms with Crippen molar-refractivity contribution in [1.82, 2.24) is 0 Å². The molecular weight excluding hydrogens is 258 g/mol. The Bertz CT molecular complexity index is 629. The average Bonchev–Trinajstić information content (AvgIpc) is 3.43. The van der Waals surface area contributed by atoms with E-state index in [1.165, 1.54) is 36.8 Å². The van der Waals surface area contributed by atoms with Gasteiger partial charge in [0.2, 0.25) is 0 Å². The lowest BCUT2D eigenvalue weighted by molar-refractivity contribution is 0.302. The number of benzene rings is 2. The van der Waals surface area contributed by atoms with E-state index in [1.54, 1.807) is 0 Å². The molecule has 0 saturated heterocycles. The predicted octanol–water partition coefficient (Wildman–Crippen LogP) is 3.96. The first-order chi connectivity index (χ1) is 10.3. The van der Waals surface area contributed by atoms with E-state index in [2.05, 4.69) is 48.5 Å². The molecule has 2 fully saturated rings. The van der Waals surface area contributed by atoms with E-state index in [0.29, 0.717) is 6.10 Å². The highest BCUT2D eigenvalue weighted by molar-refractivity contribution is 5.40. The molecule has 2 N–H and O–H groups in total. The van der Waals surface area contributed by atoms with E-state index in [4.69, 9.17) is 10.5 Å². The molecule has 0 amide bonds. The maximum Gasteiger partial charge on any atom is 0.120 e. The molecular formula is C19H21NO. The van der Waals surface area contributed by atoms with Crippen LogP contribution in [0.15, 0.2) is 54.6 Å². The fourth-order valence-electron chi connectivity index (χ4n) is 3.16. The van der Waals surface area contributed by atoms with Gasteiger partial charge < -0.3 is 10.5 Å². The van der Waals surface area contributed by atoms with Crippen LogP contribution in [0.5, 0.6) is 5.75 Å². The number of nitrogens with two attached hydrogens (primary N) is 1. The van der Waals surface area contributed by atoms with Crippen molar-refractivity contribution in [3.05, 3.63) is 65.7 Å². The number of hydrogen-bond acceptors (Lipinski definition) is 2. The summed E-state index contributed by atoms with van der Waals surface area (Å²) in [5.74, 6) is 0.967. The molecule has 0 spiro atoms. The standard InChI is InChI=1S/C19H21NO/c20-18(19(11-12-19)15-6-2-1-3-7-15)14-5-4-8-17(13-14)21-16-9-10-16/h1-8,13,16,18H,9-12,20H2. The lowest BCUT2D eigenvalue weighted by Crippen LogP contribution is -2.26. The molecule has 2 aliphatic carbocycles. The van der Waals surface area contributed by atoms with Crippen molar-refractivity contribution in [2.75, 3.05) is 0 Å². The second-order valence-electron chi connectivity index (χ2n) is 6.39. The highest BCUT2D eigenvalue weighted by Crippen LogP contribution is 2.55. The van der Waals surface area contributed by atoms with E-state index >= 15 is 0 Å². The third-order valence-corrected chi connectivity index (χ3v) is 4.78. The molecule has 4 rings (SSSR count). The summed E-state index contributed by atoms with van der Waals surface area (Å²) in [6, 6.07) is 19.1. The largest absolute Gasteiger partial charge is 0.490 e. The summed E-state index contributed by atoms with van der Waals surface area (Å²) in [6.07, 6.45) is 5.15. The van der Waals surface area contributed by atoms with E-state index in [0.717, 1.165) is 5.75 Å². The van der Waals surface area contributed by atoms with Crippen molar-refractivity contribution in [3.8, 4) is 5.75 Å². The molecule has 0 bridgehead atoms. The van der Waals surface area contributed by atoms with Gasteiger partial charge in [-0.05, 0) is 48.9 Å². The topological polar surface area (TPSA) is 35.2 Å². The maximum atomic E-state index is 6.63. The van der Waals surface area contributed by atoms with Gasteiger partial charge in [-0.25, -0.2) is 0 Å². The summed E-state index contributed by atoms with van der Waals surface area (Å²) in [5.41, 5.74) is 9.31. The average molecular weight is 279 g/mol. The summed E-state index contributed by atoms with van der Waals surface area (Å²) in [4.78, 5) is 0. The Morgan fingerprint density at radius 3 is 2.43 bits per heavy atom. The molecule has 2 nitrogen and oxygen atoms in total. The van der Waals surface area contributed by atoms with Crippen LogP contribution in [-0.2, 0) is 5.41 Å². The van der Waals surface area contributed by atoms with Gasteiger partial charge in [0, 0.05) is 11.5 Å².